The highest BCUT2D eigenvalue weighted by Gasteiger charge is 2.25. The first-order chi connectivity index (χ1) is 15.7. The number of pyridine rings is 1. The van der Waals surface area contributed by atoms with Crippen LogP contribution in [0.1, 0.15) is 28.2 Å². The second kappa shape index (κ2) is 9.20. The van der Waals surface area contributed by atoms with Crippen molar-refractivity contribution in [1.82, 2.24) is 20.4 Å². The number of fused-ring (bicyclic) bond motifs is 1. The Labute approximate surface area is 186 Å². The summed E-state index contributed by atoms with van der Waals surface area (Å²) in [6.07, 6.45) is 4.45. The largest absolute Gasteiger partial charge is 0.485 e. The molecular weight excluding hydrogens is 404 g/mol. The summed E-state index contributed by atoms with van der Waals surface area (Å²) in [5.74, 6) is 1.01. The molecule has 32 heavy (non-hydrogen) atoms. The smallest absolute Gasteiger partial charge is 0.273 e. The Hall–Kier alpha value is -3.71. The van der Waals surface area contributed by atoms with Gasteiger partial charge in [0, 0.05) is 54.9 Å². The number of nitrogens with zero attached hydrogens (tertiary/aromatic N) is 3. The molecule has 7 heteroatoms. The van der Waals surface area contributed by atoms with E-state index in [1.54, 1.807) is 18.5 Å². The second-order valence-corrected chi connectivity index (χ2v) is 8.00. The summed E-state index contributed by atoms with van der Waals surface area (Å²) in [5.41, 5.74) is 1.55. The number of hydrogen-bond acceptors (Lipinski definition) is 6. The third-order valence-electron chi connectivity index (χ3n) is 5.66. The molecule has 1 amide bonds. The Bertz CT molecular complexity index is 1200. The van der Waals surface area contributed by atoms with Gasteiger partial charge in [-0.3, -0.25) is 14.7 Å². The summed E-state index contributed by atoms with van der Waals surface area (Å²) < 4.78 is 11.2. The summed E-state index contributed by atoms with van der Waals surface area (Å²) in [6.45, 7) is 2.86. The van der Waals surface area contributed by atoms with Gasteiger partial charge in [0.2, 0.25) is 0 Å². The van der Waals surface area contributed by atoms with Crippen LogP contribution in [-0.4, -0.2) is 40.1 Å². The molecule has 1 aliphatic heterocycles. The van der Waals surface area contributed by atoms with Crippen LogP contribution in [0.5, 0.6) is 5.75 Å². The molecule has 1 unspecified atom stereocenters. The van der Waals surface area contributed by atoms with Crippen LogP contribution in [-0.2, 0) is 13.2 Å². The minimum absolute atomic E-state index is 0.104. The van der Waals surface area contributed by atoms with E-state index in [-0.39, 0.29) is 24.2 Å². The van der Waals surface area contributed by atoms with Gasteiger partial charge < -0.3 is 14.6 Å². The summed E-state index contributed by atoms with van der Waals surface area (Å²) in [5, 5.41) is 8.97. The molecule has 0 saturated carbocycles. The summed E-state index contributed by atoms with van der Waals surface area (Å²) in [6, 6.07) is 19.8. The highest BCUT2D eigenvalue weighted by atomic mass is 16.5. The number of rotatable bonds is 7. The van der Waals surface area contributed by atoms with Crippen molar-refractivity contribution in [2.24, 2.45) is 0 Å². The molecule has 0 spiro atoms. The molecule has 0 bridgehead atoms. The van der Waals surface area contributed by atoms with Crippen LogP contribution in [0.3, 0.4) is 0 Å². The third kappa shape index (κ3) is 4.63. The number of hydrogen-bond donors (Lipinski definition) is 1. The third-order valence-corrected chi connectivity index (χ3v) is 5.66. The minimum atomic E-state index is -0.220. The molecule has 1 N–H and O–H groups in total. The summed E-state index contributed by atoms with van der Waals surface area (Å²) >= 11 is 0. The zero-order valence-electron chi connectivity index (χ0n) is 17.6. The molecule has 0 aliphatic carbocycles. The molecule has 5 rings (SSSR count). The Kier molecular flexibility index (Phi) is 5.81. The van der Waals surface area contributed by atoms with Crippen LogP contribution in [0.15, 0.2) is 77.6 Å². The van der Waals surface area contributed by atoms with E-state index in [9.17, 15) is 4.79 Å². The van der Waals surface area contributed by atoms with Gasteiger partial charge in [0.05, 0.1) is 0 Å². The SMILES string of the molecule is O=C(NC1CCN(Cc2ccccc2)C1)c1cc(COc2cccc3cnccc23)on1. The van der Waals surface area contributed by atoms with E-state index in [0.717, 1.165) is 42.6 Å². The fraction of sp³-hybridized carbons (Fsp3) is 0.240. The highest BCUT2D eigenvalue weighted by Crippen LogP contribution is 2.25. The molecule has 162 valence electrons. The van der Waals surface area contributed by atoms with Crippen molar-refractivity contribution in [2.45, 2.75) is 25.6 Å². The molecule has 2 aromatic heterocycles. The van der Waals surface area contributed by atoms with E-state index >= 15 is 0 Å². The van der Waals surface area contributed by atoms with Crippen molar-refractivity contribution < 1.29 is 14.1 Å². The van der Waals surface area contributed by atoms with Crippen LogP contribution < -0.4 is 10.1 Å². The van der Waals surface area contributed by atoms with Crippen LogP contribution in [0.4, 0.5) is 0 Å². The zero-order chi connectivity index (χ0) is 21.8. The maximum atomic E-state index is 12.6. The van der Waals surface area contributed by atoms with Gasteiger partial charge in [-0.15, -0.1) is 0 Å². The zero-order valence-corrected chi connectivity index (χ0v) is 17.6. The van der Waals surface area contributed by atoms with Crippen molar-refractivity contribution in [3.05, 3.63) is 90.1 Å². The average Bonchev–Trinajstić information content (AvgIpc) is 3.48. The molecule has 1 aliphatic rings. The van der Waals surface area contributed by atoms with Crippen LogP contribution in [0.25, 0.3) is 10.8 Å². The van der Waals surface area contributed by atoms with Gasteiger partial charge in [-0.2, -0.15) is 0 Å². The van der Waals surface area contributed by atoms with Crippen molar-refractivity contribution >= 4 is 16.7 Å². The predicted molar refractivity (Wildman–Crippen MR) is 120 cm³/mol. The monoisotopic (exact) mass is 428 g/mol. The Balaban J connectivity index is 1.15. The first-order valence-electron chi connectivity index (χ1n) is 10.7. The maximum Gasteiger partial charge on any atom is 0.273 e. The van der Waals surface area contributed by atoms with Gasteiger partial charge in [0.15, 0.2) is 11.5 Å². The molecule has 7 nitrogen and oxygen atoms in total. The predicted octanol–water partition coefficient (Wildman–Crippen LogP) is 3.81. The highest BCUT2D eigenvalue weighted by molar-refractivity contribution is 5.92. The van der Waals surface area contributed by atoms with E-state index in [1.165, 1.54) is 5.56 Å². The van der Waals surface area contributed by atoms with E-state index in [4.69, 9.17) is 9.26 Å². The summed E-state index contributed by atoms with van der Waals surface area (Å²) in [4.78, 5) is 19.1. The Morgan fingerprint density at radius 2 is 2.06 bits per heavy atom. The molecular formula is C25H24N4O3. The molecule has 2 aromatic carbocycles. The number of carbonyl (C=O) groups is 1. The number of nitrogens with one attached hydrogen (secondary N) is 1. The van der Waals surface area contributed by atoms with Crippen molar-refractivity contribution in [3.8, 4) is 5.75 Å². The van der Waals surface area contributed by atoms with E-state index in [2.05, 4.69) is 32.5 Å². The van der Waals surface area contributed by atoms with Gasteiger partial charge in [0.25, 0.3) is 5.91 Å². The van der Waals surface area contributed by atoms with Gasteiger partial charge in [0.1, 0.15) is 12.4 Å². The Morgan fingerprint density at radius 1 is 1.16 bits per heavy atom. The topological polar surface area (TPSA) is 80.5 Å². The molecule has 1 saturated heterocycles. The number of benzene rings is 2. The minimum Gasteiger partial charge on any atom is -0.485 e. The van der Waals surface area contributed by atoms with Gasteiger partial charge in [-0.25, -0.2) is 0 Å². The number of amides is 1. The molecule has 3 heterocycles. The van der Waals surface area contributed by atoms with Gasteiger partial charge in [-0.05, 0) is 24.1 Å². The lowest BCUT2D eigenvalue weighted by Gasteiger charge is -2.16. The van der Waals surface area contributed by atoms with E-state index in [0.29, 0.717) is 5.76 Å². The fourth-order valence-corrected chi connectivity index (χ4v) is 4.05. The van der Waals surface area contributed by atoms with Crippen molar-refractivity contribution in [3.63, 3.8) is 0 Å². The molecule has 4 aromatic rings. The van der Waals surface area contributed by atoms with Crippen LogP contribution in [0, 0.1) is 0 Å². The molecule has 1 atom stereocenters. The lowest BCUT2D eigenvalue weighted by molar-refractivity contribution is 0.0928. The van der Waals surface area contributed by atoms with Crippen molar-refractivity contribution in [2.75, 3.05) is 13.1 Å². The molecule has 0 radical (unpaired) electrons. The van der Waals surface area contributed by atoms with Gasteiger partial charge in [-0.1, -0.05) is 47.6 Å². The second-order valence-electron chi connectivity index (χ2n) is 8.00. The number of aromatic nitrogens is 2. The number of carbonyl (C=O) groups excluding carboxylic acids is 1. The lowest BCUT2D eigenvalue weighted by Crippen LogP contribution is -2.37. The number of likely N-dealkylation sites (tertiary alicyclic amines) is 1. The number of ether oxygens (including phenoxy) is 1. The van der Waals surface area contributed by atoms with E-state index < -0.39 is 0 Å². The lowest BCUT2D eigenvalue weighted by atomic mass is 10.1. The van der Waals surface area contributed by atoms with Crippen LogP contribution in [0.2, 0.25) is 0 Å². The van der Waals surface area contributed by atoms with Crippen molar-refractivity contribution in [1.29, 1.82) is 0 Å². The normalized spacial score (nSPS) is 16.3. The van der Waals surface area contributed by atoms with Crippen LogP contribution >= 0.6 is 0 Å². The Morgan fingerprint density at radius 3 is 2.97 bits per heavy atom. The average molecular weight is 428 g/mol. The molecule has 1 fully saturated rings. The first-order valence-corrected chi connectivity index (χ1v) is 10.7. The van der Waals surface area contributed by atoms with Gasteiger partial charge >= 0.3 is 0 Å². The fourth-order valence-electron chi connectivity index (χ4n) is 4.05. The maximum absolute atomic E-state index is 12.6. The standard InChI is InChI=1S/C25H24N4O3/c30-25(27-20-10-12-29(16-20)15-18-5-2-1-3-6-18)23-13-21(32-28-23)17-31-24-8-4-7-19-14-26-11-9-22(19)24/h1-9,11,13-14,20H,10,12,15-17H2,(H,27,30). The summed E-state index contributed by atoms with van der Waals surface area (Å²) in [7, 11) is 0. The van der Waals surface area contributed by atoms with E-state index in [1.807, 2.05) is 42.5 Å². The first kappa shape index (κ1) is 20.2. The quantitative estimate of drug-likeness (QED) is 0.482.